The Morgan fingerprint density at radius 1 is 1.00 bits per heavy atom. The molecule has 3 aromatic rings. The fourth-order valence-corrected chi connectivity index (χ4v) is 4.35. The van der Waals surface area contributed by atoms with Crippen LogP contribution < -0.4 is 5.32 Å². The van der Waals surface area contributed by atoms with E-state index in [2.05, 4.69) is 69.8 Å². The molecular formula is C25H27N3O. The van der Waals surface area contributed by atoms with Gasteiger partial charge in [-0.2, -0.15) is 0 Å². The minimum absolute atomic E-state index is 0.137. The van der Waals surface area contributed by atoms with Crippen molar-refractivity contribution in [1.82, 2.24) is 15.2 Å². The number of benzene rings is 2. The Kier molecular flexibility index (Phi) is 5.72. The molecule has 4 nitrogen and oxygen atoms in total. The summed E-state index contributed by atoms with van der Waals surface area (Å²) in [5.41, 5.74) is 4.42. The summed E-state index contributed by atoms with van der Waals surface area (Å²) in [6.45, 7) is 2.52. The molecule has 1 atom stereocenters. The Morgan fingerprint density at radius 2 is 1.76 bits per heavy atom. The van der Waals surface area contributed by atoms with Crippen LogP contribution in [-0.4, -0.2) is 35.9 Å². The highest BCUT2D eigenvalue weighted by molar-refractivity contribution is 5.83. The molecule has 0 radical (unpaired) electrons. The van der Waals surface area contributed by atoms with Crippen molar-refractivity contribution in [2.75, 3.05) is 20.1 Å². The number of carbonyl (C=O) groups is 1. The third-order valence-electron chi connectivity index (χ3n) is 5.87. The number of carbonyl (C=O) groups excluding carboxylic acids is 1. The molecule has 1 saturated heterocycles. The first kappa shape index (κ1) is 19.3. The number of hydrogen-bond acceptors (Lipinski definition) is 3. The topological polar surface area (TPSA) is 45.2 Å². The molecule has 1 amide bonds. The van der Waals surface area contributed by atoms with Crippen molar-refractivity contribution in [3.05, 3.63) is 90.3 Å². The quantitative estimate of drug-likeness (QED) is 0.699. The fourth-order valence-electron chi connectivity index (χ4n) is 4.35. The summed E-state index contributed by atoms with van der Waals surface area (Å²) < 4.78 is 0. The minimum Gasteiger partial charge on any atom is -0.359 e. The number of aromatic nitrogens is 1. The van der Waals surface area contributed by atoms with Crippen LogP contribution in [0.25, 0.3) is 11.1 Å². The van der Waals surface area contributed by atoms with E-state index in [-0.39, 0.29) is 11.3 Å². The molecular weight excluding hydrogens is 358 g/mol. The van der Waals surface area contributed by atoms with Crippen molar-refractivity contribution < 1.29 is 4.79 Å². The Morgan fingerprint density at radius 3 is 2.45 bits per heavy atom. The highest BCUT2D eigenvalue weighted by Crippen LogP contribution is 2.36. The molecule has 1 aliphatic heterocycles. The first-order valence-electron chi connectivity index (χ1n) is 10.2. The maximum atomic E-state index is 12.9. The second-order valence-corrected chi connectivity index (χ2v) is 7.92. The van der Waals surface area contributed by atoms with E-state index >= 15 is 0 Å². The van der Waals surface area contributed by atoms with Crippen LogP contribution in [-0.2, 0) is 17.8 Å². The normalized spacial score (nSPS) is 19.2. The van der Waals surface area contributed by atoms with Crippen LogP contribution in [0.1, 0.15) is 17.5 Å². The number of nitrogens with zero attached hydrogens (tertiary/aromatic N) is 2. The van der Waals surface area contributed by atoms with Gasteiger partial charge in [-0.15, -0.1) is 0 Å². The van der Waals surface area contributed by atoms with Crippen molar-refractivity contribution in [2.24, 2.45) is 5.41 Å². The molecule has 0 aliphatic carbocycles. The van der Waals surface area contributed by atoms with Crippen LogP contribution in [0.15, 0.2) is 79.1 Å². The van der Waals surface area contributed by atoms with Gasteiger partial charge in [0.2, 0.25) is 5.91 Å². The van der Waals surface area contributed by atoms with E-state index in [1.54, 1.807) is 13.2 Å². The molecule has 148 valence electrons. The van der Waals surface area contributed by atoms with Crippen LogP contribution in [0.5, 0.6) is 0 Å². The van der Waals surface area contributed by atoms with Gasteiger partial charge in [0.1, 0.15) is 0 Å². The third kappa shape index (κ3) is 4.38. The van der Waals surface area contributed by atoms with Crippen LogP contribution in [0.2, 0.25) is 0 Å². The summed E-state index contributed by atoms with van der Waals surface area (Å²) in [4.78, 5) is 19.5. The smallest absolute Gasteiger partial charge is 0.227 e. The highest BCUT2D eigenvalue weighted by atomic mass is 16.2. The van der Waals surface area contributed by atoms with Crippen molar-refractivity contribution in [3.8, 4) is 11.1 Å². The zero-order chi connectivity index (χ0) is 20.1. The second-order valence-electron chi connectivity index (χ2n) is 7.92. The van der Waals surface area contributed by atoms with Gasteiger partial charge in [-0.1, -0.05) is 60.7 Å². The summed E-state index contributed by atoms with van der Waals surface area (Å²) in [5.74, 6) is 0.137. The maximum Gasteiger partial charge on any atom is 0.227 e. The average Bonchev–Trinajstić information content (AvgIpc) is 3.18. The van der Waals surface area contributed by atoms with Gasteiger partial charge in [-0.05, 0) is 47.7 Å². The Bertz CT molecular complexity index is 941. The van der Waals surface area contributed by atoms with Gasteiger partial charge in [0, 0.05) is 32.5 Å². The first-order chi connectivity index (χ1) is 14.2. The standard InChI is InChI=1S/C25H27N3O/c1-26-24(29)25(13-15-28(19-25)18-21-6-5-14-27-17-21)16-20-9-11-23(12-10-20)22-7-3-2-4-8-22/h2-12,14,17H,13,15-16,18-19H2,1H3,(H,26,29)/t25-/m1/s1. The highest BCUT2D eigenvalue weighted by Gasteiger charge is 2.43. The van der Waals surface area contributed by atoms with E-state index < -0.39 is 0 Å². The molecule has 1 aliphatic rings. The molecule has 4 heteroatoms. The third-order valence-corrected chi connectivity index (χ3v) is 5.87. The molecule has 4 rings (SSSR count). The van der Waals surface area contributed by atoms with E-state index in [9.17, 15) is 4.79 Å². The minimum atomic E-state index is -0.384. The van der Waals surface area contributed by atoms with E-state index in [4.69, 9.17) is 0 Å². The molecule has 1 fully saturated rings. The Labute approximate surface area is 172 Å². The number of rotatable bonds is 6. The molecule has 2 heterocycles. The number of hydrogen-bond donors (Lipinski definition) is 1. The molecule has 0 saturated carbocycles. The zero-order valence-corrected chi connectivity index (χ0v) is 16.8. The predicted octanol–water partition coefficient (Wildman–Crippen LogP) is 3.93. The lowest BCUT2D eigenvalue weighted by Crippen LogP contribution is -2.43. The number of likely N-dealkylation sites (tertiary alicyclic amines) is 1. The van der Waals surface area contributed by atoms with Crippen molar-refractivity contribution in [1.29, 1.82) is 0 Å². The molecule has 2 aromatic carbocycles. The van der Waals surface area contributed by atoms with Crippen LogP contribution in [0.3, 0.4) is 0 Å². The summed E-state index contributed by atoms with van der Waals surface area (Å²) in [6, 6.07) is 23.1. The molecule has 1 aromatic heterocycles. The largest absolute Gasteiger partial charge is 0.359 e. The number of amides is 1. The lowest BCUT2D eigenvalue weighted by molar-refractivity contribution is -0.130. The lowest BCUT2D eigenvalue weighted by Gasteiger charge is -2.28. The summed E-state index contributed by atoms with van der Waals surface area (Å²) in [6.07, 6.45) is 5.32. The van der Waals surface area contributed by atoms with Crippen molar-refractivity contribution in [3.63, 3.8) is 0 Å². The van der Waals surface area contributed by atoms with E-state index in [1.165, 1.54) is 22.3 Å². The summed E-state index contributed by atoms with van der Waals surface area (Å²) in [7, 11) is 1.74. The molecule has 29 heavy (non-hydrogen) atoms. The van der Waals surface area contributed by atoms with Crippen LogP contribution >= 0.6 is 0 Å². The van der Waals surface area contributed by atoms with Gasteiger partial charge >= 0.3 is 0 Å². The summed E-state index contributed by atoms with van der Waals surface area (Å²) >= 11 is 0. The van der Waals surface area contributed by atoms with Crippen molar-refractivity contribution >= 4 is 5.91 Å². The van der Waals surface area contributed by atoms with Gasteiger partial charge < -0.3 is 5.32 Å². The van der Waals surface area contributed by atoms with Gasteiger partial charge in [0.25, 0.3) is 0 Å². The molecule has 0 unspecified atom stereocenters. The maximum absolute atomic E-state index is 12.9. The van der Waals surface area contributed by atoms with Gasteiger partial charge in [-0.3, -0.25) is 14.7 Å². The van der Waals surface area contributed by atoms with Crippen LogP contribution in [0.4, 0.5) is 0 Å². The zero-order valence-electron chi connectivity index (χ0n) is 16.8. The molecule has 0 spiro atoms. The SMILES string of the molecule is CNC(=O)[C@@]1(Cc2ccc(-c3ccccc3)cc2)CCN(Cc2cccnc2)C1. The number of nitrogens with one attached hydrogen (secondary N) is 1. The van der Waals surface area contributed by atoms with Gasteiger partial charge in [0.15, 0.2) is 0 Å². The second kappa shape index (κ2) is 8.58. The average molecular weight is 386 g/mol. The van der Waals surface area contributed by atoms with E-state index in [1.807, 2.05) is 18.3 Å². The monoisotopic (exact) mass is 385 g/mol. The lowest BCUT2D eigenvalue weighted by atomic mass is 9.79. The van der Waals surface area contributed by atoms with E-state index in [0.29, 0.717) is 0 Å². The Balaban J connectivity index is 1.50. The summed E-state index contributed by atoms with van der Waals surface area (Å²) in [5, 5.41) is 2.91. The predicted molar refractivity (Wildman–Crippen MR) is 116 cm³/mol. The fraction of sp³-hybridized carbons (Fsp3) is 0.280. The van der Waals surface area contributed by atoms with Gasteiger partial charge in [-0.25, -0.2) is 0 Å². The van der Waals surface area contributed by atoms with Gasteiger partial charge in [0.05, 0.1) is 5.41 Å². The van der Waals surface area contributed by atoms with Crippen molar-refractivity contribution in [2.45, 2.75) is 19.4 Å². The molecule has 0 bridgehead atoms. The van der Waals surface area contributed by atoms with Crippen LogP contribution in [0, 0.1) is 5.41 Å². The first-order valence-corrected chi connectivity index (χ1v) is 10.2. The number of pyridine rings is 1. The van der Waals surface area contributed by atoms with E-state index in [0.717, 1.165) is 32.5 Å². The Hall–Kier alpha value is -2.98. The molecule has 1 N–H and O–H groups in total.